The number of aromatic nitrogens is 4. The minimum Gasteiger partial charge on any atom is -0.346 e. The fourth-order valence-electron chi connectivity index (χ4n) is 5.44. The number of hydrogen-bond acceptors (Lipinski definition) is 4. The second-order valence-corrected chi connectivity index (χ2v) is 9.85. The molecule has 2 aromatic carbocycles. The normalized spacial score (nSPS) is 16.9. The largest absolute Gasteiger partial charge is 0.346 e. The molecule has 1 unspecified atom stereocenters. The maximum Gasteiger partial charge on any atom is 0.100 e. The molecule has 5 aromatic rings. The summed E-state index contributed by atoms with van der Waals surface area (Å²) in [7, 11) is 2.19. The zero-order valence-electron chi connectivity index (χ0n) is 20.5. The third-order valence-corrected chi connectivity index (χ3v) is 7.33. The van der Waals surface area contributed by atoms with Crippen molar-refractivity contribution in [3.05, 3.63) is 83.8 Å². The molecule has 3 aromatic heterocycles. The summed E-state index contributed by atoms with van der Waals surface area (Å²) < 4.78 is 2.34. The molecule has 0 radical (unpaired) electrons. The molecular formula is C29H32N6. The average molecular weight is 465 g/mol. The molecule has 35 heavy (non-hydrogen) atoms. The highest BCUT2D eigenvalue weighted by Crippen LogP contribution is 2.27. The van der Waals surface area contributed by atoms with Crippen LogP contribution in [0.5, 0.6) is 0 Å². The maximum atomic E-state index is 4.59. The smallest absolute Gasteiger partial charge is 0.100 e. The molecule has 4 heterocycles. The van der Waals surface area contributed by atoms with Gasteiger partial charge >= 0.3 is 0 Å². The van der Waals surface area contributed by atoms with E-state index in [1.165, 1.54) is 35.0 Å². The number of rotatable bonds is 6. The summed E-state index contributed by atoms with van der Waals surface area (Å²) in [4.78, 5) is 6.92. The number of para-hydroxylation sites is 1. The van der Waals surface area contributed by atoms with Crippen molar-refractivity contribution >= 4 is 21.8 Å². The number of benzene rings is 2. The SMILES string of the molecule is Cc1cc(-c2n[nH]c3ccc(CNC4CCCN(Cc5cc6ccccc6n5C)C4)cc23)ccn1. The lowest BCUT2D eigenvalue weighted by Crippen LogP contribution is -2.45. The van der Waals surface area contributed by atoms with E-state index in [0.717, 1.165) is 54.0 Å². The van der Waals surface area contributed by atoms with Gasteiger partial charge in [-0.3, -0.25) is 15.0 Å². The quantitative estimate of drug-likeness (QED) is 0.364. The summed E-state index contributed by atoms with van der Waals surface area (Å²) >= 11 is 0. The van der Waals surface area contributed by atoms with Gasteiger partial charge in [-0.05, 0) is 73.7 Å². The Bertz CT molecular complexity index is 1480. The summed E-state index contributed by atoms with van der Waals surface area (Å²) in [6, 6.07) is 22.2. The lowest BCUT2D eigenvalue weighted by atomic mass is 10.0. The van der Waals surface area contributed by atoms with Crippen molar-refractivity contribution in [2.24, 2.45) is 7.05 Å². The van der Waals surface area contributed by atoms with Crippen molar-refractivity contribution in [2.45, 2.75) is 38.9 Å². The molecule has 1 aliphatic rings. The third-order valence-electron chi connectivity index (χ3n) is 7.33. The predicted octanol–water partition coefficient (Wildman–Crippen LogP) is 5.18. The van der Waals surface area contributed by atoms with Crippen LogP contribution in [0.15, 0.2) is 66.9 Å². The van der Waals surface area contributed by atoms with Gasteiger partial charge in [-0.1, -0.05) is 24.3 Å². The van der Waals surface area contributed by atoms with E-state index in [9.17, 15) is 0 Å². The van der Waals surface area contributed by atoms with Gasteiger partial charge in [0.15, 0.2) is 0 Å². The molecule has 0 amide bonds. The van der Waals surface area contributed by atoms with E-state index in [1.807, 2.05) is 19.2 Å². The highest BCUT2D eigenvalue weighted by atomic mass is 15.2. The highest BCUT2D eigenvalue weighted by molar-refractivity contribution is 5.93. The maximum absolute atomic E-state index is 4.59. The fourth-order valence-corrected chi connectivity index (χ4v) is 5.44. The standard InChI is InChI=1S/C29H32N6/c1-20-14-23(11-12-30-20)29-26-15-21(9-10-27(26)32-33-29)17-31-24-7-5-13-35(18-24)19-25-16-22-6-3-4-8-28(22)34(25)2/h3-4,6,8-12,14-16,24,31H,5,7,13,17-19H2,1-2H3,(H,32,33). The van der Waals surface area contributed by atoms with Gasteiger partial charge in [0.2, 0.25) is 0 Å². The summed E-state index contributed by atoms with van der Waals surface area (Å²) in [5.74, 6) is 0. The van der Waals surface area contributed by atoms with Crippen LogP contribution in [0.4, 0.5) is 0 Å². The molecule has 6 heteroatoms. The van der Waals surface area contributed by atoms with E-state index in [-0.39, 0.29) is 0 Å². The monoisotopic (exact) mass is 464 g/mol. The Kier molecular flexibility index (Phi) is 5.84. The number of nitrogens with one attached hydrogen (secondary N) is 2. The van der Waals surface area contributed by atoms with E-state index in [0.29, 0.717) is 6.04 Å². The number of pyridine rings is 1. The highest BCUT2D eigenvalue weighted by Gasteiger charge is 2.21. The Morgan fingerprint density at radius 3 is 2.89 bits per heavy atom. The Labute approximate surface area is 206 Å². The Hall–Kier alpha value is -3.48. The number of aromatic amines is 1. The zero-order chi connectivity index (χ0) is 23.8. The molecule has 0 aliphatic carbocycles. The van der Waals surface area contributed by atoms with Crippen molar-refractivity contribution in [3.63, 3.8) is 0 Å². The first-order chi connectivity index (χ1) is 17.1. The lowest BCUT2D eigenvalue weighted by Gasteiger charge is -2.33. The second kappa shape index (κ2) is 9.29. The Morgan fingerprint density at radius 1 is 1.09 bits per heavy atom. The van der Waals surface area contributed by atoms with Crippen LogP contribution in [0.2, 0.25) is 0 Å². The topological polar surface area (TPSA) is 61.8 Å². The summed E-state index contributed by atoms with van der Waals surface area (Å²) in [5, 5.41) is 14.1. The van der Waals surface area contributed by atoms with Gasteiger partial charge in [0.25, 0.3) is 0 Å². The van der Waals surface area contributed by atoms with Crippen LogP contribution in [0.25, 0.3) is 33.1 Å². The average Bonchev–Trinajstić information content (AvgIpc) is 3.44. The van der Waals surface area contributed by atoms with Gasteiger partial charge in [-0.25, -0.2) is 0 Å². The van der Waals surface area contributed by atoms with Crippen molar-refractivity contribution in [1.82, 2.24) is 30.0 Å². The lowest BCUT2D eigenvalue weighted by molar-refractivity contribution is 0.180. The third kappa shape index (κ3) is 4.47. The van der Waals surface area contributed by atoms with E-state index < -0.39 is 0 Å². The molecule has 1 saturated heterocycles. The molecule has 178 valence electrons. The van der Waals surface area contributed by atoms with Crippen LogP contribution in [0.1, 0.15) is 29.8 Å². The zero-order valence-corrected chi connectivity index (χ0v) is 20.5. The van der Waals surface area contributed by atoms with Crippen molar-refractivity contribution in [1.29, 1.82) is 0 Å². The van der Waals surface area contributed by atoms with Gasteiger partial charge in [0.1, 0.15) is 5.69 Å². The first-order valence-corrected chi connectivity index (χ1v) is 12.5. The number of hydrogen-bond donors (Lipinski definition) is 2. The number of aryl methyl sites for hydroxylation is 2. The van der Waals surface area contributed by atoms with Gasteiger partial charge in [0.05, 0.1) is 5.52 Å². The van der Waals surface area contributed by atoms with E-state index in [4.69, 9.17) is 0 Å². The Balaban J connectivity index is 1.13. The minimum atomic E-state index is 0.501. The minimum absolute atomic E-state index is 0.501. The van der Waals surface area contributed by atoms with Crippen LogP contribution in [-0.4, -0.2) is 43.8 Å². The van der Waals surface area contributed by atoms with Crippen molar-refractivity contribution in [2.75, 3.05) is 13.1 Å². The number of fused-ring (bicyclic) bond motifs is 2. The van der Waals surface area contributed by atoms with Crippen LogP contribution in [-0.2, 0) is 20.1 Å². The molecule has 2 N–H and O–H groups in total. The van der Waals surface area contributed by atoms with Gasteiger partial charge in [-0.15, -0.1) is 0 Å². The number of H-pyrrole nitrogens is 1. The van der Waals surface area contributed by atoms with E-state index in [1.54, 1.807) is 0 Å². The van der Waals surface area contributed by atoms with Crippen molar-refractivity contribution < 1.29 is 0 Å². The first-order valence-electron chi connectivity index (χ1n) is 12.5. The van der Waals surface area contributed by atoms with E-state index in [2.05, 4.69) is 91.6 Å². The number of piperidine rings is 1. The fraction of sp³-hybridized carbons (Fsp3) is 0.310. The van der Waals surface area contributed by atoms with Gasteiger partial charge in [0, 0.05) is 66.8 Å². The second-order valence-electron chi connectivity index (χ2n) is 9.85. The number of likely N-dealkylation sites (tertiary alicyclic amines) is 1. The van der Waals surface area contributed by atoms with E-state index >= 15 is 0 Å². The summed E-state index contributed by atoms with van der Waals surface area (Å²) in [6.45, 7) is 6.12. The molecular weight excluding hydrogens is 432 g/mol. The van der Waals surface area contributed by atoms with Crippen molar-refractivity contribution in [3.8, 4) is 11.3 Å². The van der Waals surface area contributed by atoms with Crippen LogP contribution in [0, 0.1) is 6.92 Å². The molecule has 0 saturated carbocycles. The predicted molar refractivity (Wildman–Crippen MR) is 142 cm³/mol. The van der Waals surface area contributed by atoms with Crippen LogP contribution < -0.4 is 5.32 Å². The molecule has 0 bridgehead atoms. The summed E-state index contributed by atoms with van der Waals surface area (Å²) in [5.41, 5.74) is 8.15. The number of nitrogens with zero attached hydrogens (tertiary/aromatic N) is 4. The molecule has 1 atom stereocenters. The van der Waals surface area contributed by atoms with Gasteiger partial charge < -0.3 is 9.88 Å². The molecule has 6 rings (SSSR count). The summed E-state index contributed by atoms with van der Waals surface area (Å²) in [6.07, 6.45) is 4.30. The van der Waals surface area contributed by atoms with Crippen LogP contribution >= 0.6 is 0 Å². The van der Waals surface area contributed by atoms with Crippen LogP contribution in [0.3, 0.4) is 0 Å². The Morgan fingerprint density at radius 2 is 2.00 bits per heavy atom. The first kappa shape index (κ1) is 22.0. The molecule has 1 aliphatic heterocycles. The molecule has 1 fully saturated rings. The molecule has 0 spiro atoms. The van der Waals surface area contributed by atoms with Gasteiger partial charge in [-0.2, -0.15) is 5.10 Å². The molecule has 6 nitrogen and oxygen atoms in total.